The lowest BCUT2D eigenvalue weighted by Gasteiger charge is -2.23. The lowest BCUT2D eigenvalue weighted by molar-refractivity contribution is -0.224. The molecule has 0 N–H and O–H groups in total. The number of rotatable bonds is 5. The zero-order valence-corrected chi connectivity index (χ0v) is 13.9. The predicted octanol–water partition coefficient (Wildman–Crippen LogP) is 4.24. The maximum atomic E-state index is 12.8. The monoisotopic (exact) mass is 340 g/mol. The first-order valence-electron chi connectivity index (χ1n) is 7.34. The van der Waals surface area contributed by atoms with E-state index in [2.05, 4.69) is 9.99 Å². The van der Waals surface area contributed by atoms with Crippen molar-refractivity contribution in [2.75, 3.05) is 0 Å². The van der Waals surface area contributed by atoms with Crippen LogP contribution in [0.15, 0.2) is 29.4 Å². The van der Waals surface area contributed by atoms with E-state index in [0.29, 0.717) is 25.3 Å². The second-order valence-corrected chi connectivity index (χ2v) is 6.35. The molecule has 0 spiro atoms. The minimum Gasteiger partial charge on any atom is -0.316 e. The van der Waals surface area contributed by atoms with Gasteiger partial charge in [0.2, 0.25) is 0 Å². The Bertz CT molecular complexity index is 671. The molecule has 0 bridgehead atoms. The normalized spacial score (nSPS) is 12.9. The van der Waals surface area contributed by atoms with Crippen molar-refractivity contribution in [3.8, 4) is 6.07 Å². The molecule has 1 rings (SSSR count). The van der Waals surface area contributed by atoms with Crippen molar-refractivity contribution in [3.63, 3.8) is 0 Å². The van der Waals surface area contributed by atoms with Crippen LogP contribution in [0, 0.1) is 22.7 Å². The number of carbonyl (C=O) groups is 1. The van der Waals surface area contributed by atoms with E-state index in [9.17, 15) is 18.0 Å². The Morgan fingerprint density at radius 2 is 1.96 bits per heavy atom. The first kappa shape index (κ1) is 19.7. The fourth-order valence-corrected chi connectivity index (χ4v) is 1.77. The summed E-state index contributed by atoms with van der Waals surface area (Å²) in [5, 5.41) is 12.5. The average molecular weight is 340 g/mol. The molecule has 4 nitrogen and oxygen atoms in total. The molecule has 0 aliphatic rings. The first-order valence-corrected chi connectivity index (χ1v) is 7.34. The number of oxime groups is 1. The summed E-state index contributed by atoms with van der Waals surface area (Å²) in [4.78, 5) is 16.0. The molecule has 1 aromatic rings. The minimum absolute atomic E-state index is 0.257. The largest absolute Gasteiger partial charge is 0.404 e. The van der Waals surface area contributed by atoms with E-state index >= 15 is 0 Å². The highest BCUT2D eigenvalue weighted by molar-refractivity contribution is 6.11. The van der Waals surface area contributed by atoms with Gasteiger partial charge in [-0.15, -0.1) is 0 Å². The van der Waals surface area contributed by atoms with Crippen LogP contribution >= 0.6 is 0 Å². The molecule has 0 heterocycles. The average Bonchev–Trinajstić information content (AvgIpc) is 2.46. The number of carbonyl (C=O) groups excluding carboxylic acids is 1. The Morgan fingerprint density at radius 1 is 1.33 bits per heavy atom. The van der Waals surface area contributed by atoms with Gasteiger partial charge in [0.1, 0.15) is 6.07 Å². The van der Waals surface area contributed by atoms with E-state index < -0.39 is 17.6 Å². The van der Waals surface area contributed by atoms with Gasteiger partial charge in [0.05, 0.1) is 0 Å². The summed E-state index contributed by atoms with van der Waals surface area (Å²) in [6.07, 6.45) is -4.00. The van der Waals surface area contributed by atoms with Crippen LogP contribution in [0.1, 0.15) is 38.8 Å². The van der Waals surface area contributed by atoms with Gasteiger partial charge in [0.15, 0.2) is 11.1 Å². The van der Waals surface area contributed by atoms with E-state index in [1.54, 1.807) is 24.3 Å². The van der Waals surface area contributed by atoms with Gasteiger partial charge in [0, 0.05) is 5.56 Å². The SMILES string of the molecule is CC(C)Cc1cccc(C(C#N)=NOC(=O)C(C)(C)C(F)(F)F)c1. The number of hydrogen-bond donors (Lipinski definition) is 0. The number of hydrogen-bond acceptors (Lipinski definition) is 4. The molecule has 7 heteroatoms. The second kappa shape index (κ2) is 7.47. The molecule has 0 atom stereocenters. The third-order valence-electron chi connectivity index (χ3n) is 3.39. The smallest absolute Gasteiger partial charge is 0.316 e. The molecule has 0 amide bonds. The second-order valence-electron chi connectivity index (χ2n) is 6.35. The first-order chi connectivity index (χ1) is 11.0. The Labute approximate surface area is 138 Å². The maximum Gasteiger partial charge on any atom is 0.404 e. The third-order valence-corrected chi connectivity index (χ3v) is 3.39. The van der Waals surface area contributed by atoms with Crippen molar-refractivity contribution in [1.82, 2.24) is 0 Å². The maximum absolute atomic E-state index is 12.8. The highest BCUT2D eigenvalue weighted by atomic mass is 19.4. The molecule has 0 saturated carbocycles. The summed E-state index contributed by atoms with van der Waals surface area (Å²) in [6.45, 7) is 5.46. The van der Waals surface area contributed by atoms with Crippen molar-refractivity contribution in [1.29, 1.82) is 5.26 Å². The van der Waals surface area contributed by atoms with Crippen LogP contribution in [-0.4, -0.2) is 17.9 Å². The van der Waals surface area contributed by atoms with Crippen LogP contribution in [0.3, 0.4) is 0 Å². The fourth-order valence-electron chi connectivity index (χ4n) is 1.77. The van der Waals surface area contributed by atoms with E-state index in [-0.39, 0.29) is 5.71 Å². The molecular weight excluding hydrogens is 321 g/mol. The zero-order valence-electron chi connectivity index (χ0n) is 13.9. The summed E-state index contributed by atoms with van der Waals surface area (Å²) < 4.78 is 38.3. The number of nitrogens with zero attached hydrogens (tertiary/aromatic N) is 2. The summed E-state index contributed by atoms with van der Waals surface area (Å²) >= 11 is 0. The highest BCUT2D eigenvalue weighted by Gasteiger charge is 2.54. The van der Waals surface area contributed by atoms with Gasteiger partial charge >= 0.3 is 12.1 Å². The van der Waals surface area contributed by atoms with E-state index in [1.807, 2.05) is 19.9 Å². The Kier molecular flexibility index (Phi) is 6.13. The molecule has 0 saturated heterocycles. The fraction of sp³-hybridized carbons (Fsp3) is 0.471. The lowest BCUT2D eigenvalue weighted by Crippen LogP contribution is -2.40. The Balaban J connectivity index is 3.01. The summed E-state index contributed by atoms with van der Waals surface area (Å²) in [7, 11) is 0. The van der Waals surface area contributed by atoms with Crippen LogP contribution in [0.5, 0.6) is 0 Å². The molecule has 1 aromatic carbocycles. The van der Waals surface area contributed by atoms with E-state index in [4.69, 9.17) is 5.26 Å². The standard InChI is InChI=1S/C17H19F3N2O2/c1-11(2)8-12-6-5-7-13(9-12)14(10-21)22-24-15(23)16(3,4)17(18,19)20/h5-7,9,11H,8H2,1-4H3. The molecular formula is C17H19F3N2O2. The van der Waals surface area contributed by atoms with Crippen LogP contribution in [0.2, 0.25) is 0 Å². The van der Waals surface area contributed by atoms with Crippen LogP contribution in [0.25, 0.3) is 0 Å². The molecule has 0 aliphatic heterocycles. The van der Waals surface area contributed by atoms with E-state index in [0.717, 1.165) is 12.0 Å². The molecule has 0 aromatic heterocycles. The zero-order chi connectivity index (χ0) is 18.5. The van der Waals surface area contributed by atoms with Gasteiger partial charge in [-0.05, 0) is 37.8 Å². The Morgan fingerprint density at radius 3 is 2.46 bits per heavy atom. The molecule has 0 aliphatic carbocycles. The predicted molar refractivity (Wildman–Crippen MR) is 83.1 cm³/mol. The molecule has 0 unspecified atom stereocenters. The lowest BCUT2D eigenvalue weighted by atomic mass is 9.93. The van der Waals surface area contributed by atoms with Crippen molar-refractivity contribution in [2.24, 2.45) is 16.5 Å². The van der Waals surface area contributed by atoms with Gasteiger partial charge in [0.25, 0.3) is 0 Å². The molecule has 130 valence electrons. The molecule has 0 radical (unpaired) electrons. The number of benzene rings is 1. The van der Waals surface area contributed by atoms with E-state index in [1.165, 1.54) is 0 Å². The van der Waals surface area contributed by atoms with Gasteiger partial charge in [-0.1, -0.05) is 37.2 Å². The van der Waals surface area contributed by atoms with Crippen LogP contribution in [0.4, 0.5) is 13.2 Å². The van der Waals surface area contributed by atoms with Gasteiger partial charge in [-0.3, -0.25) is 0 Å². The quantitative estimate of drug-likeness (QED) is 0.457. The van der Waals surface area contributed by atoms with Gasteiger partial charge in [-0.25, -0.2) is 4.79 Å². The van der Waals surface area contributed by atoms with Crippen molar-refractivity contribution in [3.05, 3.63) is 35.4 Å². The summed E-state index contributed by atoms with van der Waals surface area (Å²) in [5.41, 5.74) is -1.64. The van der Waals surface area contributed by atoms with Gasteiger partial charge < -0.3 is 4.84 Å². The van der Waals surface area contributed by atoms with Crippen molar-refractivity contribution >= 4 is 11.7 Å². The molecule has 24 heavy (non-hydrogen) atoms. The summed E-state index contributed by atoms with van der Waals surface area (Å²) in [5.74, 6) is -1.17. The number of halogens is 3. The number of nitriles is 1. The third kappa shape index (κ3) is 4.82. The summed E-state index contributed by atoms with van der Waals surface area (Å²) in [6, 6.07) is 8.60. The van der Waals surface area contributed by atoms with Crippen molar-refractivity contribution in [2.45, 2.75) is 40.3 Å². The van der Waals surface area contributed by atoms with Crippen molar-refractivity contribution < 1.29 is 22.8 Å². The topological polar surface area (TPSA) is 62.4 Å². The van der Waals surface area contributed by atoms with Gasteiger partial charge in [-0.2, -0.15) is 18.4 Å². The van der Waals surface area contributed by atoms with Crippen LogP contribution in [-0.2, 0) is 16.1 Å². The minimum atomic E-state index is -4.77. The Hall–Kier alpha value is -2.36. The van der Waals surface area contributed by atoms with Crippen LogP contribution < -0.4 is 0 Å². The molecule has 0 fully saturated rings. The number of alkyl halides is 3. The highest BCUT2D eigenvalue weighted by Crippen LogP contribution is 2.38.